The zero-order chi connectivity index (χ0) is 17.9. The molecule has 26 heavy (non-hydrogen) atoms. The maximum Gasteiger partial charge on any atom is 0.292 e. The van der Waals surface area contributed by atoms with Gasteiger partial charge in [0.05, 0.1) is 11.6 Å². The minimum Gasteiger partial charge on any atom is -0.267 e. The van der Waals surface area contributed by atoms with Crippen molar-refractivity contribution in [1.29, 1.82) is 0 Å². The van der Waals surface area contributed by atoms with Gasteiger partial charge in [-0.3, -0.25) is 9.59 Å². The van der Waals surface area contributed by atoms with Gasteiger partial charge in [-0.2, -0.15) is 10.2 Å². The fourth-order valence-electron chi connectivity index (χ4n) is 2.86. The largest absolute Gasteiger partial charge is 0.292 e. The maximum absolute atomic E-state index is 12.4. The van der Waals surface area contributed by atoms with Gasteiger partial charge in [0.15, 0.2) is 5.69 Å². The molecule has 0 bridgehead atoms. The molecule has 0 spiro atoms. The van der Waals surface area contributed by atoms with E-state index in [1.807, 2.05) is 42.5 Å². The molecule has 0 saturated heterocycles. The van der Waals surface area contributed by atoms with Crippen LogP contribution in [0.4, 0.5) is 0 Å². The Labute approximate surface area is 148 Å². The van der Waals surface area contributed by atoms with Gasteiger partial charge in [-0.05, 0) is 16.8 Å². The highest BCUT2D eigenvalue weighted by Gasteiger charge is 2.13. The summed E-state index contributed by atoms with van der Waals surface area (Å²) < 4.78 is 0. The lowest BCUT2D eigenvalue weighted by Gasteiger charge is -2.04. The molecule has 4 rings (SSSR count). The predicted molar refractivity (Wildman–Crippen MR) is 101 cm³/mol. The quantitative estimate of drug-likeness (QED) is 0.443. The van der Waals surface area contributed by atoms with Crippen molar-refractivity contribution in [1.82, 2.24) is 15.6 Å². The summed E-state index contributed by atoms with van der Waals surface area (Å²) in [6, 6.07) is 20.6. The number of nitrogens with zero attached hydrogens (tertiary/aromatic N) is 2. The highest BCUT2D eigenvalue weighted by atomic mass is 16.2. The van der Waals surface area contributed by atoms with Gasteiger partial charge in [-0.25, -0.2) is 10.5 Å². The van der Waals surface area contributed by atoms with E-state index in [0.717, 1.165) is 16.3 Å². The molecule has 126 valence electrons. The van der Waals surface area contributed by atoms with Gasteiger partial charge < -0.3 is 0 Å². The Morgan fingerprint density at radius 3 is 2.46 bits per heavy atom. The summed E-state index contributed by atoms with van der Waals surface area (Å²) in [7, 11) is 0. The van der Waals surface area contributed by atoms with Crippen molar-refractivity contribution in [3.63, 3.8) is 0 Å². The molecule has 3 aromatic carbocycles. The van der Waals surface area contributed by atoms with Crippen LogP contribution in [-0.2, 0) is 0 Å². The van der Waals surface area contributed by atoms with Crippen molar-refractivity contribution < 1.29 is 4.79 Å². The van der Waals surface area contributed by atoms with Crippen molar-refractivity contribution in [2.24, 2.45) is 5.10 Å². The molecule has 6 nitrogen and oxygen atoms in total. The Bertz CT molecular complexity index is 1210. The number of carbonyl (C=O) groups excluding carboxylic acids is 1. The monoisotopic (exact) mass is 342 g/mol. The average molecular weight is 342 g/mol. The highest BCUT2D eigenvalue weighted by Crippen LogP contribution is 2.17. The van der Waals surface area contributed by atoms with Crippen LogP contribution in [0.2, 0.25) is 0 Å². The van der Waals surface area contributed by atoms with E-state index in [-0.39, 0.29) is 11.3 Å². The first-order valence-corrected chi connectivity index (χ1v) is 8.02. The third-order valence-corrected chi connectivity index (χ3v) is 4.10. The number of aromatic amines is 1. The molecule has 2 N–H and O–H groups in total. The smallest absolute Gasteiger partial charge is 0.267 e. The number of benzene rings is 3. The zero-order valence-corrected chi connectivity index (χ0v) is 13.6. The van der Waals surface area contributed by atoms with Crippen molar-refractivity contribution in [3.05, 3.63) is 88.3 Å². The van der Waals surface area contributed by atoms with E-state index >= 15 is 0 Å². The van der Waals surface area contributed by atoms with Gasteiger partial charge in [-0.1, -0.05) is 60.7 Å². The van der Waals surface area contributed by atoms with Crippen LogP contribution in [0.1, 0.15) is 16.1 Å². The van der Waals surface area contributed by atoms with Crippen molar-refractivity contribution in [3.8, 4) is 0 Å². The molecule has 0 aliphatic heterocycles. The van der Waals surface area contributed by atoms with E-state index in [1.54, 1.807) is 30.5 Å². The Hall–Kier alpha value is -3.80. The Morgan fingerprint density at radius 1 is 0.923 bits per heavy atom. The van der Waals surface area contributed by atoms with Crippen LogP contribution < -0.4 is 11.0 Å². The minimum absolute atomic E-state index is 0.121. The normalized spacial score (nSPS) is 11.2. The predicted octanol–water partition coefficient (Wildman–Crippen LogP) is 2.84. The molecule has 0 aliphatic carbocycles. The van der Waals surface area contributed by atoms with Gasteiger partial charge in [0.25, 0.3) is 11.5 Å². The van der Waals surface area contributed by atoms with E-state index in [2.05, 4.69) is 20.7 Å². The summed E-state index contributed by atoms with van der Waals surface area (Å²) >= 11 is 0. The number of carbonyl (C=O) groups is 1. The van der Waals surface area contributed by atoms with E-state index in [9.17, 15) is 9.59 Å². The van der Waals surface area contributed by atoms with Crippen LogP contribution in [0.15, 0.2) is 76.6 Å². The second-order valence-corrected chi connectivity index (χ2v) is 5.71. The first-order valence-electron chi connectivity index (χ1n) is 8.02. The topological polar surface area (TPSA) is 87.2 Å². The molecular weight excluding hydrogens is 328 g/mol. The molecule has 0 unspecified atom stereocenters. The number of aromatic nitrogens is 2. The number of hydrazone groups is 1. The summed E-state index contributed by atoms with van der Waals surface area (Å²) in [6.45, 7) is 0. The van der Waals surface area contributed by atoms with Gasteiger partial charge in [0, 0.05) is 10.9 Å². The molecule has 0 saturated carbocycles. The number of hydrogen-bond acceptors (Lipinski definition) is 4. The summed E-state index contributed by atoms with van der Waals surface area (Å²) in [4.78, 5) is 24.2. The van der Waals surface area contributed by atoms with Crippen molar-refractivity contribution in [2.75, 3.05) is 0 Å². The summed E-state index contributed by atoms with van der Waals surface area (Å²) in [6.07, 6.45) is 1.59. The minimum atomic E-state index is -0.492. The zero-order valence-electron chi connectivity index (χ0n) is 13.6. The standard InChI is InChI=1S/C20H14N4O2/c25-19-17-11-4-3-10-16(17)18(22-24-19)20(26)23-21-12-14-8-5-7-13-6-1-2-9-15(13)14/h1-12H,(H,23,26)(H,24,25)/b21-12+. The van der Waals surface area contributed by atoms with Gasteiger partial charge in [-0.15, -0.1) is 0 Å². The number of H-pyrrole nitrogens is 1. The van der Waals surface area contributed by atoms with Crippen LogP contribution in [0.25, 0.3) is 21.5 Å². The van der Waals surface area contributed by atoms with Crippen LogP contribution in [0, 0.1) is 0 Å². The molecule has 0 fully saturated rings. The number of nitrogens with one attached hydrogen (secondary N) is 2. The molecule has 4 aromatic rings. The van der Waals surface area contributed by atoms with Crippen molar-refractivity contribution in [2.45, 2.75) is 0 Å². The lowest BCUT2D eigenvalue weighted by molar-refractivity contribution is 0.0951. The van der Waals surface area contributed by atoms with Crippen LogP contribution in [0.3, 0.4) is 0 Å². The maximum atomic E-state index is 12.4. The highest BCUT2D eigenvalue weighted by molar-refractivity contribution is 6.05. The van der Waals surface area contributed by atoms with Gasteiger partial charge in [0.2, 0.25) is 0 Å². The molecular formula is C20H14N4O2. The molecule has 0 aliphatic rings. The third kappa shape index (κ3) is 2.84. The van der Waals surface area contributed by atoms with Gasteiger partial charge in [0.1, 0.15) is 0 Å². The molecule has 6 heteroatoms. The van der Waals surface area contributed by atoms with Crippen molar-refractivity contribution >= 4 is 33.7 Å². The molecule has 0 atom stereocenters. The van der Waals surface area contributed by atoms with Crippen LogP contribution >= 0.6 is 0 Å². The molecule has 1 amide bonds. The lowest BCUT2D eigenvalue weighted by atomic mass is 10.1. The average Bonchev–Trinajstić information content (AvgIpc) is 2.68. The summed E-state index contributed by atoms with van der Waals surface area (Å²) in [5, 5.41) is 13.3. The molecule has 1 aromatic heterocycles. The molecule has 0 radical (unpaired) electrons. The second kappa shape index (κ2) is 6.60. The van der Waals surface area contributed by atoms with E-state index < -0.39 is 5.91 Å². The SMILES string of the molecule is O=C(N/N=C/c1cccc2ccccc12)c1n[nH]c(=O)c2ccccc12. The third-order valence-electron chi connectivity index (χ3n) is 4.10. The number of amides is 1. The molecule has 1 heterocycles. The van der Waals surface area contributed by atoms with E-state index in [1.165, 1.54) is 0 Å². The van der Waals surface area contributed by atoms with Crippen LogP contribution in [-0.4, -0.2) is 22.3 Å². The summed E-state index contributed by atoms with van der Waals surface area (Å²) in [5.74, 6) is -0.492. The number of hydrogen-bond donors (Lipinski definition) is 2. The fourth-order valence-corrected chi connectivity index (χ4v) is 2.86. The van der Waals surface area contributed by atoms with Crippen LogP contribution in [0.5, 0.6) is 0 Å². The fraction of sp³-hybridized carbons (Fsp3) is 0. The van der Waals surface area contributed by atoms with Gasteiger partial charge >= 0.3 is 0 Å². The van der Waals surface area contributed by atoms with E-state index in [4.69, 9.17) is 0 Å². The number of fused-ring (bicyclic) bond motifs is 2. The first-order chi connectivity index (χ1) is 12.7. The second-order valence-electron chi connectivity index (χ2n) is 5.71. The van der Waals surface area contributed by atoms with E-state index in [0.29, 0.717) is 10.8 Å². The number of rotatable bonds is 3. The summed E-state index contributed by atoms with van der Waals surface area (Å²) in [5.41, 5.74) is 3.15. The Kier molecular flexibility index (Phi) is 3.99. The first kappa shape index (κ1) is 15.7. The Balaban J connectivity index is 1.62. The lowest BCUT2D eigenvalue weighted by Crippen LogP contribution is -2.22. The Morgan fingerprint density at radius 2 is 1.62 bits per heavy atom.